The van der Waals surface area contributed by atoms with Crippen LogP contribution in [0.1, 0.15) is 36.5 Å². The quantitative estimate of drug-likeness (QED) is 0.900. The standard InChI is InChI=1S/C17H22N2O4/c1-12(17(22)23)11-18(2)16(21)13-6-8-14(9-7-13)19-10-4-3-5-15(19)20/h6-9,12H,3-5,10-11H2,1-2H3,(H,22,23)/t12-/m1/s1. The minimum atomic E-state index is -0.927. The van der Waals surface area contributed by atoms with Crippen molar-refractivity contribution in [2.75, 3.05) is 25.0 Å². The Bertz CT molecular complexity index is 597. The average Bonchev–Trinajstić information content (AvgIpc) is 2.54. The predicted octanol–water partition coefficient (Wildman–Crippen LogP) is 2.00. The zero-order valence-corrected chi connectivity index (χ0v) is 13.5. The molecule has 1 saturated heterocycles. The summed E-state index contributed by atoms with van der Waals surface area (Å²) in [7, 11) is 1.59. The molecule has 6 nitrogen and oxygen atoms in total. The van der Waals surface area contributed by atoms with E-state index in [9.17, 15) is 14.4 Å². The van der Waals surface area contributed by atoms with Crippen LogP contribution in [0.25, 0.3) is 0 Å². The summed E-state index contributed by atoms with van der Waals surface area (Å²) >= 11 is 0. The molecule has 1 aromatic rings. The van der Waals surface area contributed by atoms with E-state index in [1.165, 1.54) is 4.90 Å². The number of carboxylic acids is 1. The van der Waals surface area contributed by atoms with Gasteiger partial charge in [-0.15, -0.1) is 0 Å². The Hall–Kier alpha value is -2.37. The lowest BCUT2D eigenvalue weighted by Gasteiger charge is -2.27. The van der Waals surface area contributed by atoms with Gasteiger partial charge in [0, 0.05) is 37.8 Å². The van der Waals surface area contributed by atoms with E-state index >= 15 is 0 Å². The van der Waals surface area contributed by atoms with Gasteiger partial charge in [-0.2, -0.15) is 0 Å². The second-order valence-electron chi connectivity index (χ2n) is 5.97. The van der Waals surface area contributed by atoms with Gasteiger partial charge in [0.2, 0.25) is 5.91 Å². The predicted molar refractivity (Wildman–Crippen MR) is 86.4 cm³/mol. The number of aliphatic carboxylic acids is 1. The van der Waals surface area contributed by atoms with Crippen molar-refractivity contribution in [3.05, 3.63) is 29.8 Å². The minimum Gasteiger partial charge on any atom is -0.481 e. The topological polar surface area (TPSA) is 77.9 Å². The van der Waals surface area contributed by atoms with Crippen LogP contribution in [0.15, 0.2) is 24.3 Å². The number of hydrogen-bond acceptors (Lipinski definition) is 3. The van der Waals surface area contributed by atoms with Crippen molar-refractivity contribution in [3.63, 3.8) is 0 Å². The number of nitrogens with zero attached hydrogens (tertiary/aromatic N) is 2. The molecule has 0 saturated carbocycles. The van der Waals surface area contributed by atoms with Gasteiger partial charge in [0.1, 0.15) is 0 Å². The third-order valence-corrected chi connectivity index (χ3v) is 4.07. The Labute approximate surface area is 135 Å². The third-order valence-electron chi connectivity index (χ3n) is 4.07. The van der Waals surface area contributed by atoms with Crippen LogP contribution in [0, 0.1) is 5.92 Å². The molecule has 0 spiro atoms. The number of benzene rings is 1. The highest BCUT2D eigenvalue weighted by Crippen LogP contribution is 2.21. The normalized spacial score (nSPS) is 16.1. The highest BCUT2D eigenvalue weighted by atomic mass is 16.4. The van der Waals surface area contributed by atoms with Crippen LogP contribution in [0.3, 0.4) is 0 Å². The fourth-order valence-electron chi connectivity index (χ4n) is 2.66. The molecule has 1 fully saturated rings. The number of piperidine rings is 1. The third kappa shape index (κ3) is 4.09. The zero-order valence-electron chi connectivity index (χ0n) is 13.5. The Morgan fingerprint density at radius 2 is 1.91 bits per heavy atom. The second-order valence-corrected chi connectivity index (χ2v) is 5.97. The number of carbonyl (C=O) groups excluding carboxylic acids is 2. The lowest BCUT2D eigenvalue weighted by molar-refractivity contribution is -0.141. The van der Waals surface area contributed by atoms with Crippen LogP contribution in [0.5, 0.6) is 0 Å². The summed E-state index contributed by atoms with van der Waals surface area (Å²) in [5.41, 5.74) is 1.28. The number of rotatable bonds is 5. The van der Waals surface area contributed by atoms with Gasteiger partial charge in [-0.1, -0.05) is 6.92 Å². The average molecular weight is 318 g/mol. The van der Waals surface area contributed by atoms with E-state index in [1.54, 1.807) is 43.1 Å². The maximum Gasteiger partial charge on any atom is 0.308 e. The summed E-state index contributed by atoms with van der Waals surface area (Å²) in [4.78, 5) is 38.2. The largest absolute Gasteiger partial charge is 0.481 e. The van der Waals surface area contributed by atoms with Crippen molar-refractivity contribution < 1.29 is 19.5 Å². The van der Waals surface area contributed by atoms with Crippen molar-refractivity contribution in [1.82, 2.24) is 4.90 Å². The Balaban J connectivity index is 2.05. The molecular weight excluding hydrogens is 296 g/mol. The van der Waals surface area contributed by atoms with Gasteiger partial charge in [-0.25, -0.2) is 0 Å². The van der Waals surface area contributed by atoms with E-state index in [2.05, 4.69) is 0 Å². The molecule has 23 heavy (non-hydrogen) atoms. The molecule has 0 unspecified atom stereocenters. The van der Waals surface area contributed by atoms with Gasteiger partial charge in [-0.3, -0.25) is 14.4 Å². The van der Waals surface area contributed by atoms with Crippen molar-refractivity contribution in [2.24, 2.45) is 5.92 Å². The molecule has 1 N–H and O–H groups in total. The van der Waals surface area contributed by atoms with E-state index < -0.39 is 11.9 Å². The fraction of sp³-hybridized carbons (Fsp3) is 0.471. The number of carbonyl (C=O) groups is 3. The van der Waals surface area contributed by atoms with E-state index in [-0.39, 0.29) is 18.4 Å². The van der Waals surface area contributed by atoms with E-state index in [4.69, 9.17) is 5.11 Å². The first kappa shape index (κ1) is 17.0. The molecule has 0 aromatic heterocycles. The van der Waals surface area contributed by atoms with Gasteiger partial charge in [0.05, 0.1) is 5.92 Å². The molecule has 0 radical (unpaired) electrons. The first-order chi connectivity index (χ1) is 10.9. The molecule has 1 aliphatic heterocycles. The van der Waals surface area contributed by atoms with Crippen LogP contribution >= 0.6 is 0 Å². The number of anilines is 1. The van der Waals surface area contributed by atoms with Crippen LogP contribution in [0.2, 0.25) is 0 Å². The summed E-state index contributed by atoms with van der Waals surface area (Å²) in [6.07, 6.45) is 2.48. The molecule has 2 rings (SSSR count). The number of hydrogen-bond donors (Lipinski definition) is 1. The van der Waals surface area contributed by atoms with Gasteiger partial charge < -0.3 is 14.9 Å². The van der Waals surface area contributed by atoms with E-state index in [0.29, 0.717) is 18.5 Å². The lowest BCUT2D eigenvalue weighted by Crippen LogP contribution is -2.35. The number of amides is 2. The van der Waals surface area contributed by atoms with Crippen molar-refractivity contribution in [2.45, 2.75) is 26.2 Å². The molecule has 1 atom stereocenters. The summed E-state index contributed by atoms with van der Waals surface area (Å²) in [5.74, 6) is -1.66. The lowest BCUT2D eigenvalue weighted by atomic mass is 10.1. The molecule has 1 aliphatic rings. The molecule has 1 heterocycles. The minimum absolute atomic E-state index is 0.114. The van der Waals surface area contributed by atoms with Crippen LogP contribution in [-0.2, 0) is 9.59 Å². The summed E-state index contributed by atoms with van der Waals surface area (Å²) in [5, 5.41) is 8.91. The molecule has 124 valence electrons. The van der Waals surface area contributed by atoms with Gasteiger partial charge in [-0.05, 0) is 37.1 Å². The molecule has 2 amide bonds. The summed E-state index contributed by atoms with van der Waals surface area (Å²) < 4.78 is 0. The summed E-state index contributed by atoms with van der Waals surface area (Å²) in [6, 6.07) is 6.90. The van der Waals surface area contributed by atoms with Crippen LogP contribution in [-0.4, -0.2) is 47.9 Å². The fourth-order valence-corrected chi connectivity index (χ4v) is 2.66. The zero-order chi connectivity index (χ0) is 17.0. The van der Waals surface area contributed by atoms with Gasteiger partial charge in [0.25, 0.3) is 5.91 Å². The summed E-state index contributed by atoms with van der Waals surface area (Å²) in [6.45, 7) is 2.43. The molecule has 1 aromatic carbocycles. The maximum absolute atomic E-state index is 12.3. The van der Waals surface area contributed by atoms with Gasteiger partial charge >= 0.3 is 5.97 Å². The van der Waals surface area contributed by atoms with Crippen molar-refractivity contribution in [1.29, 1.82) is 0 Å². The van der Waals surface area contributed by atoms with Crippen LogP contribution < -0.4 is 4.90 Å². The maximum atomic E-state index is 12.3. The molecular formula is C17H22N2O4. The molecule has 0 aliphatic carbocycles. The SMILES string of the molecule is C[C@H](CN(C)C(=O)c1ccc(N2CCCCC2=O)cc1)C(=O)O. The smallest absolute Gasteiger partial charge is 0.308 e. The first-order valence-corrected chi connectivity index (χ1v) is 7.79. The Kier molecular flexibility index (Phi) is 5.36. The second kappa shape index (κ2) is 7.26. The van der Waals surface area contributed by atoms with Gasteiger partial charge in [0.15, 0.2) is 0 Å². The van der Waals surface area contributed by atoms with E-state index in [0.717, 1.165) is 18.5 Å². The van der Waals surface area contributed by atoms with Crippen molar-refractivity contribution in [3.8, 4) is 0 Å². The molecule has 6 heteroatoms. The van der Waals surface area contributed by atoms with E-state index in [1.807, 2.05) is 0 Å². The Morgan fingerprint density at radius 1 is 1.26 bits per heavy atom. The van der Waals surface area contributed by atoms with Crippen molar-refractivity contribution >= 4 is 23.5 Å². The van der Waals surface area contributed by atoms with Crippen LogP contribution in [0.4, 0.5) is 5.69 Å². The molecule has 0 bridgehead atoms. The highest BCUT2D eigenvalue weighted by Gasteiger charge is 2.21. The Morgan fingerprint density at radius 3 is 2.48 bits per heavy atom. The number of carboxylic acid groups (broad SMARTS) is 1. The highest BCUT2D eigenvalue weighted by molar-refractivity contribution is 5.97. The monoisotopic (exact) mass is 318 g/mol. The first-order valence-electron chi connectivity index (χ1n) is 7.79.